The van der Waals surface area contributed by atoms with E-state index in [-0.39, 0.29) is 11.4 Å². The molecule has 2 aromatic heterocycles. The van der Waals surface area contributed by atoms with Gasteiger partial charge >= 0.3 is 5.97 Å². The van der Waals surface area contributed by atoms with Gasteiger partial charge in [0, 0.05) is 25.0 Å². The number of pyridine rings is 1. The topological polar surface area (TPSA) is 94.0 Å². The first-order valence-electron chi connectivity index (χ1n) is 4.57. The first-order valence-corrected chi connectivity index (χ1v) is 4.57. The lowest BCUT2D eigenvalue weighted by atomic mass is 10.1. The number of aryl methyl sites for hydroxylation is 1. The molecule has 0 spiro atoms. The molecule has 16 heavy (non-hydrogen) atoms. The van der Waals surface area contributed by atoms with E-state index in [2.05, 4.69) is 10.1 Å². The van der Waals surface area contributed by atoms with Crippen LogP contribution < -0.4 is 5.73 Å². The minimum Gasteiger partial charge on any atom is -0.477 e. The molecule has 0 bridgehead atoms. The molecule has 6 nitrogen and oxygen atoms in total. The van der Waals surface area contributed by atoms with Gasteiger partial charge in [0.05, 0.1) is 0 Å². The highest BCUT2D eigenvalue weighted by molar-refractivity contribution is 5.99. The maximum Gasteiger partial charge on any atom is 0.341 e. The Balaban J connectivity index is 2.66. The van der Waals surface area contributed by atoms with E-state index in [1.165, 1.54) is 4.68 Å². The quantitative estimate of drug-likeness (QED) is 0.776. The van der Waals surface area contributed by atoms with Gasteiger partial charge in [-0.15, -0.1) is 0 Å². The number of nitrogen functional groups attached to an aromatic ring is 1. The van der Waals surface area contributed by atoms with Crippen LogP contribution in [-0.4, -0.2) is 25.8 Å². The van der Waals surface area contributed by atoms with Crippen molar-refractivity contribution in [2.24, 2.45) is 7.05 Å². The van der Waals surface area contributed by atoms with Crippen molar-refractivity contribution in [3.8, 4) is 11.3 Å². The molecule has 0 aliphatic heterocycles. The van der Waals surface area contributed by atoms with E-state index >= 15 is 0 Å². The van der Waals surface area contributed by atoms with Crippen molar-refractivity contribution in [2.45, 2.75) is 0 Å². The number of hydrogen-bond donors (Lipinski definition) is 2. The molecule has 0 radical (unpaired) electrons. The summed E-state index contributed by atoms with van der Waals surface area (Å²) in [5.41, 5.74) is 6.62. The van der Waals surface area contributed by atoms with E-state index < -0.39 is 5.97 Å². The normalized spacial score (nSPS) is 10.3. The van der Waals surface area contributed by atoms with E-state index in [0.29, 0.717) is 11.3 Å². The Labute approximate surface area is 91.3 Å². The molecule has 0 unspecified atom stereocenters. The maximum atomic E-state index is 11.1. The first-order chi connectivity index (χ1) is 7.61. The van der Waals surface area contributed by atoms with E-state index in [0.717, 1.165) is 0 Å². The number of nitrogens with two attached hydrogens (primary N) is 1. The Kier molecular flexibility index (Phi) is 2.32. The molecular weight excluding hydrogens is 208 g/mol. The maximum absolute atomic E-state index is 11.1. The number of aromatic carboxylic acids is 1. The Morgan fingerprint density at radius 3 is 2.88 bits per heavy atom. The van der Waals surface area contributed by atoms with E-state index in [4.69, 9.17) is 10.8 Å². The number of aromatic nitrogens is 3. The van der Waals surface area contributed by atoms with Gasteiger partial charge < -0.3 is 10.8 Å². The molecular formula is C10H10N4O2. The standard InChI is InChI=1S/C10H10N4O2/c1-14-9(11)7(10(15)16)8(13-14)6-3-2-4-12-5-6/h2-5H,11H2,1H3,(H,15,16). The average molecular weight is 218 g/mol. The summed E-state index contributed by atoms with van der Waals surface area (Å²) in [6.45, 7) is 0. The fraction of sp³-hybridized carbons (Fsp3) is 0.100. The van der Waals surface area contributed by atoms with Gasteiger partial charge in [-0.1, -0.05) is 0 Å². The summed E-state index contributed by atoms with van der Waals surface area (Å²) in [7, 11) is 1.60. The lowest BCUT2D eigenvalue weighted by molar-refractivity contribution is 0.0699. The number of anilines is 1. The second-order valence-corrected chi connectivity index (χ2v) is 3.28. The SMILES string of the molecule is Cn1nc(-c2cccnc2)c(C(=O)O)c1N. The fourth-order valence-corrected chi connectivity index (χ4v) is 1.45. The van der Waals surface area contributed by atoms with Gasteiger partial charge in [-0.25, -0.2) is 4.79 Å². The zero-order valence-electron chi connectivity index (χ0n) is 8.58. The van der Waals surface area contributed by atoms with Crippen molar-refractivity contribution in [1.29, 1.82) is 0 Å². The third kappa shape index (κ3) is 1.50. The molecule has 0 atom stereocenters. The number of rotatable bonds is 2. The van der Waals surface area contributed by atoms with Crippen LogP contribution >= 0.6 is 0 Å². The number of hydrogen-bond acceptors (Lipinski definition) is 4. The largest absolute Gasteiger partial charge is 0.477 e. The van der Waals surface area contributed by atoms with Crippen molar-refractivity contribution < 1.29 is 9.90 Å². The Bertz CT molecular complexity index is 533. The molecule has 0 amide bonds. The molecule has 0 saturated heterocycles. The van der Waals surface area contributed by atoms with Gasteiger partial charge in [-0.2, -0.15) is 5.10 Å². The minimum absolute atomic E-state index is 0.00972. The van der Waals surface area contributed by atoms with Crippen molar-refractivity contribution in [1.82, 2.24) is 14.8 Å². The predicted molar refractivity (Wildman–Crippen MR) is 57.8 cm³/mol. The lowest BCUT2D eigenvalue weighted by Crippen LogP contribution is -2.04. The summed E-state index contributed by atoms with van der Waals surface area (Å²) in [6, 6.07) is 3.45. The highest BCUT2D eigenvalue weighted by atomic mass is 16.4. The summed E-state index contributed by atoms with van der Waals surface area (Å²) in [5.74, 6) is -0.962. The van der Waals surface area contributed by atoms with Crippen LogP contribution in [0.1, 0.15) is 10.4 Å². The van der Waals surface area contributed by atoms with Crippen molar-refractivity contribution >= 4 is 11.8 Å². The highest BCUT2D eigenvalue weighted by Crippen LogP contribution is 2.25. The van der Waals surface area contributed by atoms with Crippen LogP contribution in [0.2, 0.25) is 0 Å². The summed E-state index contributed by atoms with van der Waals surface area (Å²) in [5, 5.41) is 13.1. The molecule has 2 aromatic rings. The first kappa shape index (κ1) is 10.2. The van der Waals surface area contributed by atoms with Crippen LogP contribution in [0.4, 0.5) is 5.82 Å². The van der Waals surface area contributed by atoms with Crippen molar-refractivity contribution in [3.05, 3.63) is 30.1 Å². The molecule has 0 aliphatic rings. The van der Waals surface area contributed by atoms with Gasteiger partial charge in [0.25, 0.3) is 0 Å². The Morgan fingerprint density at radius 1 is 1.56 bits per heavy atom. The van der Waals surface area contributed by atoms with E-state index in [1.54, 1.807) is 31.6 Å². The van der Waals surface area contributed by atoms with Crippen LogP contribution in [0.25, 0.3) is 11.3 Å². The van der Waals surface area contributed by atoms with Gasteiger partial charge in [-0.05, 0) is 12.1 Å². The summed E-state index contributed by atoms with van der Waals surface area (Å²) >= 11 is 0. The highest BCUT2D eigenvalue weighted by Gasteiger charge is 2.21. The van der Waals surface area contributed by atoms with Gasteiger partial charge in [0.2, 0.25) is 0 Å². The molecule has 82 valence electrons. The summed E-state index contributed by atoms with van der Waals surface area (Å²) in [6.07, 6.45) is 3.16. The fourth-order valence-electron chi connectivity index (χ4n) is 1.45. The molecule has 2 heterocycles. The third-order valence-electron chi connectivity index (χ3n) is 2.24. The monoisotopic (exact) mass is 218 g/mol. The van der Waals surface area contributed by atoms with Crippen LogP contribution in [0.3, 0.4) is 0 Å². The zero-order valence-corrected chi connectivity index (χ0v) is 8.58. The van der Waals surface area contributed by atoms with Crippen LogP contribution in [0.5, 0.6) is 0 Å². The van der Waals surface area contributed by atoms with Gasteiger partial charge in [-0.3, -0.25) is 9.67 Å². The smallest absolute Gasteiger partial charge is 0.341 e. The molecule has 3 N–H and O–H groups in total. The predicted octanol–water partition coefficient (Wildman–Crippen LogP) is 0.762. The third-order valence-corrected chi connectivity index (χ3v) is 2.24. The van der Waals surface area contributed by atoms with Crippen LogP contribution in [0, 0.1) is 0 Å². The molecule has 0 fully saturated rings. The second kappa shape index (κ2) is 3.65. The number of carbonyl (C=O) groups is 1. The number of carboxylic acid groups (broad SMARTS) is 1. The number of carboxylic acids is 1. The van der Waals surface area contributed by atoms with Crippen molar-refractivity contribution in [2.75, 3.05) is 5.73 Å². The average Bonchev–Trinajstić information content (AvgIpc) is 2.57. The molecule has 0 aromatic carbocycles. The molecule has 0 saturated carbocycles. The molecule has 0 aliphatic carbocycles. The van der Waals surface area contributed by atoms with Crippen LogP contribution in [0.15, 0.2) is 24.5 Å². The summed E-state index contributed by atoms with van der Waals surface area (Å²) in [4.78, 5) is 15.0. The molecule has 6 heteroatoms. The molecule has 2 rings (SSSR count). The van der Waals surface area contributed by atoms with Crippen LogP contribution in [-0.2, 0) is 7.05 Å². The lowest BCUT2D eigenvalue weighted by Gasteiger charge is -1.97. The van der Waals surface area contributed by atoms with Gasteiger partial charge in [0.15, 0.2) is 0 Å². The Hall–Kier alpha value is -2.37. The minimum atomic E-state index is -1.09. The van der Waals surface area contributed by atoms with Gasteiger partial charge in [0.1, 0.15) is 17.1 Å². The second-order valence-electron chi connectivity index (χ2n) is 3.28. The Morgan fingerprint density at radius 2 is 2.31 bits per heavy atom. The van der Waals surface area contributed by atoms with E-state index in [1.807, 2.05) is 0 Å². The van der Waals surface area contributed by atoms with E-state index in [9.17, 15) is 4.79 Å². The summed E-state index contributed by atoms with van der Waals surface area (Å²) < 4.78 is 1.34. The zero-order chi connectivity index (χ0) is 11.7. The number of nitrogens with zero attached hydrogens (tertiary/aromatic N) is 3. The van der Waals surface area contributed by atoms with Crippen molar-refractivity contribution in [3.63, 3.8) is 0 Å².